The molecule has 1 heterocycles. The number of hydrogen-bond acceptors (Lipinski definition) is 4. The van der Waals surface area contributed by atoms with Crippen LogP contribution in [0, 0.1) is 0 Å². The van der Waals surface area contributed by atoms with Gasteiger partial charge in [0.1, 0.15) is 5.82 Å². The lowest BCUT2D eigenvalue weighted by Crippen LogP contribution is -2.22. The third-order valence-electron chi connectivity index (χ3n) is 3.87. The number of hydrogen-bond donors (Lipinski definition) is 1. The molecule has 1 atom stereocenters. The number of halogens is 1. The second-order valence-corrected chi connectivity index (χ2v) is 7.62. The second kappa shape index (κ2) is 8.38. The summed E-state index contributed by atoms with van der Waals surface area (Å²) in [5.41, 5.74) is 1.85. The van der Waals surface area contributed by atoms with Crippen LogP contribution < -0.4 is 5.32 Å². The Kier molecular flexibility index (Phi) is 5.96. The Morgan fingerprint density at radius 3 is 2.69 bits per heavy atom. The molecular formula is C19H19ClN4OS. The van der Waals surface area contributed by atoms with E-state index in [-0.39, 0.29) is 11.2 Å². The molecule has 3 aromatic rings. The van der Waals surface area contributed by atoms with E-state index < -0.39 is 0 Å². The zero-order valence-corrected chi connectivity index (χ0v) is 16.1. The number of carbonyl (C=O) groups is 1. The molecule has 0 saturated carbocycles. The molecule has 0 aliphatic heterocycles. The van der Waals surface area contributed by atoms with Crippen molar-refractivity contribution in [2.45, 2.75) is 23.8 Å². The molecule has 134 valence electrons. The molecule has 1 amide bonds. The highest BCUT2D eigenvalue weighted by molar-refractivity contribution is 8.00. The van der Waals surface area contributed by atoms with Crippen LogP contribution in [0.25, 0.3) is 0 Å². The van der Waals surface area contributed by atoms with Crippen molar-refractivity contribution in [1.82, 2.24) is 14.8 Å². The van der Waals surface area contributed by atoms with Crippen molar-refractivity contribution in [2.24, 2.45) is 7.05 Å². The summed E-state index contributed by atoms with van der Waals surface area (Å²) >= 11 is 7.33. The number of thioether (sulfide) groups is 1. The van der Waals surface area contributed by atoms with Gasteiger partial charge in [0.15, 0.2) is 5.16 Å². The molecule has 0 fully saturated rings. The van der Waals surface area contributed by atoms with Gasteiger partial charge in [0.05, 0.1) is 5.25 Å². The Balaban J connectivity index is 1.64. The molecule has 26 heavy (non-hydrogen) atoms. The van der Waals surface area contributed by atoms with E-state index in [1.54, 1.807) is 24.3 Å². The Morgan fingerprint density at radius 1 is 1.19 bits per heavy atom. The lowest BCUT2D eigenvalue weighted by molar-refractivity contribution is -0.115. The van der Waals surface area contributed by atoms with Gasteiger partial charge >= 0.3 is 0 Å². The van der Waals surface area contributed by atoms with Crippen LogP contribution in [-0.4, -0.2) is 25.9 Å². The summed E-state index contributed by atoms with van der Waals surface area (Å²) in [5.74, 6) is 0.756. The van der Waals surface area contributed by atoms with Crippen molar-refractivity contribution in [3.63, 3.8) is 0 Å². The molecule has 0 saturated heterocycles. The Labute approximate surface area is 161 Å². The fraction of sp³-hybridized carbons (Fsp3) is 0.211. The molecule has 1 aromatic heterocycles. The third-order valence-corrected chi connectivity index (χ3v) is 5.24. The molecule has 0 unspecified atom stereocenters. The zero-order chi connectivity index (χ0) is 18.5. The normalized spacial score (nSPS) is 12.0. The maximum absolute atomic E-state index is 12.4. The van der Waals surface area contributed by atoms with Crippen LogP contribution in [0.2, 0.25) is 5.02 Å². The molecule has 1 N–H and O–H groups in total. The summed E-state index contributed by atoms with van der Waals surface area (Å²) in [4.78, 5) is 12.4. The zero-order valence-electron chi connectivity index (χ0n) is 14.5. The van der Waals surface area contributed by atoms with Gasteiger partial charge < -0.3 is 9.88 Å². The van der Waals surface area contributed by atoms with Crippen molar-refractivity contribution in [2.75, 3.05) is 5.32 Å². The van der Waals surface area contributed by atoms with E-state index in [0.29, 0.717) is 22.3 Å². The van der Waals surface area contributed by atoms with Crippen LogP contribution >= 0.6 is 23.4 Å². The molecular weight excluding hydrogens is 368 g/mol. The lowest BCUT2D eigenvalue weighted by Gasteiger charge is -2.12. The Hall–Kier alpha value is -2.31. The van der Waals surface area contributed by atoms with Gasteiger partial charge in [0.25, 0.3) is 0 Å². The van der Waals surface area contributed by atoms with Crippen LogP contribution in [0.5, 0.6) is 0 Å². The number of carbonyl (C=O) groups excluding carboxylic acids is 1. The van der Waals surface area contributed by atoms with E-state index >= 15 is 0 Å². The smallest absolute Gasteiger partial charge is 0.237 e. The second-order valence-electron chi connectivity index (χ2n) is 5.88. The molecule has 2 aromatic carbocycles. The van der Waals surface area contributed by atoms with Gasteiger partial charge in [-0.15, -0.1) is 10.2 Å². The van der Waals surface area contributed by atoms with Crippen molar-refractivity contribution < 1.29 is 4.79 Å². The number of benzene rings is 2. The molecule has 0 spiro atoms. The van der Waals surface area contributed by atoms with E-state index in [1.165, 1.54) is 17.3 Å². The van der Waals surface area contributed by atoms with E-state index in [1.807, 2.05) is 36.7 Å². The van der Waals surface area contributed by atoms with Crippen LogP contribution in [0.15, 0.2) is 59.8 Å². The van der Waals surface area contributed by atoms with Gasteiger partial charge in [-0.3, -0.25) is 4.79 Å². The maximum atomic E-state index is 12.4. The van der Waals surface area contributed by atoms with Crippen LogP contribution in [-0.2, 0) is 18.3 Å². The van der Waals surface area contributed by atoms with Gasteiger partial charge in [-0.1, -0.05) is 59.8 Å². The van der Waals surface area contributed by atoms with Gasteiger partial charge in [-0.2, -0.15) is 0 Å². The fourth-order valence-corrected chi connectivity index (χ4v) is 3.43. The van der Waals surface area contributed by atoms with Crippen molar-refractivity contribution in [3.05, 3.63) is 71.0 Å². The Bertz CT molecular complexity index is 898. The van der Waals surface area contributed by atoms with Gasteiger partial charge in [-0.25, -0.2) is 0 Å². The van der Waals surface area contributed by atoms with Crippen molar-refractivity contribution in [3.8, 4) is 0 Å². The molecule has 7 heteroatoms. The number of rotatable bonds is 6. The first-order valence-corrected chi connectivity index (χ1v) is 9.44. The average molecular weight is 387 g/mol. The first-order valence-electron chi connectivity index (χ1n) is 8.18. The summed E-state index contributed by atoms with van der Waals surface area (Å²) in [6.45, 7) is 1.84. The monoisotopic (exact) mass is 386 g/mol. The van der Waals surface area contributed by atoms with Crippen LogP contribution in [0.1, 0.15) is 18.3 Å². The van der Waals surface area contributed by atoms with Crippen LogP contribution in [0.4, 0.5) is 5.69 Å². The number of aromatic nitrogens is 3. The minimum Gasteiger partial charge on any atom is -0.325 e. The minimum absolute atomic E-state index is 0.107. The summed E-state index contributed by atoms with van der Waals surface area (Å²) < 4.78 is 1.93. The van der Waals surface area contributed by atoms with Crippen molar-refractivity contribution >= 4 is 35.0 Å². The average Bonchev–Trinajstić information content (AvgIpc) is 2.96. The number of nitrogens with one attached hydrogen (secondary N) is 1. The van der Waals surface area contributed by atoms with E-state index in [9.17, 15) is 4.79 Å². The van der Waals surface area contributed by atoms with Crippen molar-refractivity contribution in [1.29, 1.82) is 0 Å². The Morgan fingerprint density at radius 2 is 1.96 bits per heavy atom. The summed E-state index contributed by atoms with van der Waals surface area (Å²) in [6, 6.07) is 17.2. The summed E-state index contributed by atoms with van der Waals surface area (Å²) in [6.07, 6.45) is 0.702. The highest BCUT2D eigenvalue weighted by Crippen LogP contribution is 2.24. The molecule has 0 aliphatic carbocycles. The SMILES string of the molecule is C[C@H](Sc1nnc(Cc2ccccc2)n1C)C(=O)Nc1cccc(Cl)c1. The predicted molar refractivity (Wildman–Crippen MR) is 106 cm³/mol. The summed E-state index contributed by atoms with van der Waals surface area (Å²) in [5, 5.41) is 12.3. The molecule has 5 nitrogen and oxygen atoms in total. The van der Waals surface area contributed by atoms with Gasteiger partial charge in [0.2, 0.25) is 5.91 Å². The fourth-order valence-electron chi connectivity index (χ4n) is 2.40. The first kappa shape index (κ1) is 18.5. The van der Waals surface area contributed by atoms with E-state index in [0.717, 1.165) is 5.82 Å². The lowest BCUT2D eigenvalue weighted by atomic mass is 10.1. The summed E-state index contributed by atoms with van der Waals surface area (Å²) in [7, 11) is 1.92. The largest absolute Gasteiger partial charge is 0.325 e. The van der Waals surface area contributed by atoms with E-state index in [2.05, 4.69) is 27.6 Å². The quantitative estimate of drug-likeness (QED) is 0.645. The van der Waals surface area contributed by atoms with Gasteiger partial charge in [0, 0.05) is 24.2 Å². The number of amides is 1. The number of anilines is 1. The maximum Gasteiger partial charge on any atom is 0.237 e. The number of nitrogens with zero attached hydrogens (tertiary/aromatic N) is 3. The predicted octanol–water partition coefficient (Wildman–Crippen LogP) is 4.18. The highest BCUT2D eigenvalue weighted by Gasteiger charge is 2.19. The molecule has 0 aliphatic rings. The molecule has 0 radical (unpaired) electrons. The molecule has 0 bridgehead atoms. The van der Waals surface area contributed by atoms with E-state index in [4.69, 9.17) is 11.6 Å². The molecule has 3 rings (SSSR count). The first-order chi connectivity index (χ1) is 12.5. The minimum atomic E-state index is -0.318. The third kappa shape index (κ3) is 4.65. The van der Waals surface area contributed by atoms with Gasteiger partial charge in [-0.05, 0) is 30.7 Å². The highest BCUT2D eigenvalue weighted by atomic mass is 35.5. The van der Waals surface area contributed by atoms with Crippen LogP contribution in [0.3, 0.4) is 0 Å². The topological polar surface area (TPSA) is 59.8 Å². The standard InChI is InChI=1S/C19H19ClN4OS/c1-13(18(25)21-16-10-6-9-15(20)12-16)26-19-23-22-17(24(19)2)11-14-7-4-3-5-8-14/h3-10,12-13H,11H2,1-2H3,(H,21,25)/t13-/m0/s1.